The molecule has 0 aromatic heterocycles. The Labute approximate surface area is 350 Å². The summed E-state index contributed by atoms with van der Waals surface area (Å²) >= 11 is 0. The van der Waals surface area contributed by atoms with E-state index in [1.807, 2.05) is 0 Å². The predicted molar refractivity (Wildman–Crippen MR) is 242 cm³/mol. The molecule has 0 aromatic rings. The van der Waals surface area contributed by atoms with Gasteiger partial charge in [-0.3, -0.25) is 13.8 Å². The highest BCUT2D eigenvalue weighted by atomic mass is 31.2. The molecule has 9 heteroatoms. The average Bonchev–Trinajstić information content (AvgIpc) is 3.20. The number of hydrogen-bond donors (Lipinski definition) is 2. The molecule has 0 saturated carbocycles. The maximum absolute atomic E-state index is 12.6. The molecule has 0 amide bonds. The molecule has 0 fully saturated rings. The SMILES string of the molecule is CC/C=C\C/C=C\C/C=C\C/C=C\C/C=C\C/C=C\CCCCCCCCCOCC(COP(=O)(O)OCCN)OC(=O)CCCCCCCCCCCCCC. The fraction of sp³-hybridized carbons (Fsp3) is 0.729. The van der Waals surface area contributed by atoms with Gasteiger partial charge in [0.1, 0.15) is 6.10 Å². The lowest BCUT2D eigenvalue weighted by Crippen LogP contribution is -2.28. The Morgan fingerprint density at radius 3 is 1.47 bits per heavy atom. The van der Waals surface area contributed by atoms with E-state index < -0.39 is 13.9 Å². The van der Waals surface area contributed by atoms with Gasteiger partial charge in [0, 0.05) is 19.6 Å². The van der Waals surface area contributed by atoms with Crippen LogP contribution in [0, 0.1) is 0 Å². The number of carbonyl (C=O) groups excluding carboxylic acids is 1. The van der Waals surface area contributed by atoms with Crippen molar-refractivity contribution >= 4 is 13.8 Å². The van der Waals surface area contributed by atoms with Gasteiger partial charge in [-0.25, -0.2) is 4.57 Å². The number of unbranched alkanes of at least 4 members (excludes halogenated alkanes) is 18. The summed E-state index contributed by atoms with van der Waals surface area (Å²) in [5.41, 5.74) is 5.37. The van der Waals surface area contributed by atoms with Crippen molar-refractivity contribution in [2.45, 2.75) is 193 Å². The van der Waals surface area contributed by atoms with Crippen molar-refractivity contribution in [2.24, 2.45) is 5.73 Å². The molecular weight excluding hydrogens is 734 g/mol. The van der Waals surface area contributed by atoms with Gasteiger partial charge in [-0.2, -0.15) is 0 Å². The van der Waals surface area contributed by atoms with E-state index in [-0.39, 0.29) is 32.3 Å². The number of phosphoric acid groups is 1. The molecule has 57 heavy (non-hydrogen) atoms. The normalized spacial score (nSPS) is 14.1. The van der Waals surface area contributed by atoms with Gasteiger partial charge in [-0.1, -0.05) is 189 Å². The fourth-order valence-corrected chi connectivity index (χ4v) is 6.82. The lowest BCUT2D eigenvalue weighted by Gasteiger charge is -2.20. The molecule has 0 bridgehead atoms. The van der Waals surface area contributed by atoms with Gasteiger partial charge in [-0.05, 0) is 64.2 Å². The molecule has 8 nitrogen and oxygen atoms in total. The number of ether oxygens (including phenoxy) is 2. The number of esters is 1. The third kappa shape index (κ3) is 44.9. The first-order chi connectivity index (χ1) is 27.9. The Morgan fingerprint density at radius 2 is 0.982 bits per heavy atom. The van der Waals surface area contributed by atoms with Crippen LogP contribution in [0.3, 0.4) is 0 Å². The lowest BCUT2D eigenvalue weighted by atomic mass is 10.0. The summed E-state index contributed by atoms with van der Waals surface area (Å²) in [6.45, 7) is 4.77. The predicted octanol–water partition coefficient (Wildman–Crippen LogP) is 13.9. The van der Waals surface area contributed by atoms with E-state index in [9.17, 15) is 14.3 Å². The molecule has 0 rings (SSSR count). The van der Waals surface area contributed by atoms with Crippen LogP contribution in [0.2, 0.25) is 0 Å². The van der Waals surface area contributed by atoms with Gasteiger partial charge in [0.25, 0.3) is 0 Å². The molecule has 3 N–H and O–H groups in total. The molecule has 330 valence electrons. The van der Waals surface area contributed by atoms with E-state index in [0.29, 0.717) is 13.0 Å². The molecule has 0 aliphatic rings. The van der Waals surface area contributed by atoms with Gasteiger partial charge in [0.15, 0.2) is 0 Å². The number of allylic oxidation sites excluding steroid dienone is 12. The largest absolute Gasteiger partial charge is 0.472 e. The van der Waals surface area contributed by atoms with Gasteiger partial charge in [0.05, 0.1) is 19.8 Å². The van der Waals surface area contributed by atoms with E-state index >= 15 is 0 Å². The van der Waals surface area contributed by atoms with E-state index in [2.05, 4.69) is 86.8 Å². The highest BCUT2D eigenvalue weighted by Gasteiger charge is 2.25. The third-order valence-corrected chi connectivity index (χ3v) is 10.4. The summed E-state index contributed by atoms with van der Waals surface area (Å²) in [5.74, 6) is -0.337. The van der Waals surface area contributed by atoms with Gasteiger partial charge < -0.3 is 20.1 Å². The second-order valence-electron chi connectivity index (χ2n) is 14.9. The summed E-state index contributed by atoms with van der Waals surface area (Å²) in [4.78, 5) is 22.5. The van der Waals surface area contributed by atoms with Crippen LogP contribution in [0.1, 0.15) is 187 Å². The van der Waals surface area contributed by atoms with Crippen molar-refractivity contribution in [2.75, 3.05) is 33.0 Å². The third-order valence-electron chi connectivity index (χ3n) is 9.39. The van der Waals surface area contributed by atoms with Crippen LogP contribution in [0.25, 0.3) is 0 Å². The average molecular weight is 820 g/mol. The zero-order chi connectivity index (χ0) is 41.6. The maximum atomic E-state index is 12.6. The zero-order valence-corrected chi connectivity index (χ0v) is 37.4. The summed E-state index contributed by atoms with van der Waals surface area (Å²) < 4.78 is 33.4. The van der Waals surface area contributed by atoms with E-state index in [4.69, 9.17) is 24.3 Å². The van der Waals surface area contributed by atoms with E-state index in [1.165, 1.54) is 83.5 Å². The molecule has 2 atom stereocenters. The molecule has 0 spiro atoms. The van der Waals surface area contributed by atoms with Crippen molar-refractivity contribution < 1.29 is 32.8 Å². The lowest BCUT2D eigenvalue weighted by molar-refractivity contribution is -0.154. The van der Waals surface area contributed by atoms with Crippen LogP contribution in [0.4, 0.5) is 0 Å². The Hall–Kier alpha value is -2.06. The number of rotatable bonds is 43. The Kier molecular flexibility index (Phi) is 43.4. The molecule has 0 saturated heterocycles. The topological polar surface area (TPSA) is 117 Å². The van der Waals surface area contributed by atoms with Crippen molar-refractivity contribution in [3.05, 3.63) is 72.9 Å². The standard InChI is InChI=1S/C48H86NO7P/c1-3-5-7-9-11-13-15-17-18-19-20-21-22-23-24-25-26-27-28-29-30-32-34-36-38-40-43-53-45-47(46-55-57(51,52)54-44-42-49)56-48(50)41-39-37-35-33-31-16-14-12-10-8-6-4-2/h5,7,11,13,17-18,20-21,23-24,26-27,47H,3-4,6,8-10,12,14-16,19,22,25,28-46,49H2,1-2H3,(H,51,52)/b7-5-,13-11-,18-17-,21-20-,24-23-,27-26-. The second kappa shape index (κ2) is 45.0. The first-order valence-electron chi connectivity index (χ1n) is 22.9. The van der Waals surface area contributed by atoms with Crippen molar-refractivity contribution in [1.29, 1.82) is 0 Å². The monoisotopic (exact) mass is 820 g/mol. The zero-order valence-electron chi connectivity index (χ0n) is 36.6. The highest BCUT2D eigenvalue weighted by molar-refractivity contribution is 7.47. The summed E-state index contributed by atoms with van der Waals surface area (Å²) in [6.07, 6.45) is 56.4. The Bertz CT molecular complexity index is 1100. The molecule has 0 aliphatic carbocycles. The van der Waals surface area contributed by atoms with E-state index in [0.717, 1.165) is 83.5 Å². The molecular formula is C48H86NO7P. The van der Waals surface area contributed by atoms with Gasteiger partial charge in [-0.15, -0.1) is 0 Å². The highest BCUT2D eigenvalue weighted by Crippen LogP contribution is 2.43. The number of carbonyl (C=O) groups is 1. The van der Waals surface area contributed by atoms with Crippen molar-refractivity contribution in [3.63, 3.8) is 0 Å². The van der Waals surface area contributed by atoms with Gasteiger partial charge in [0.2, 0.25) is 0 Å². The molecule has 2 unspecified atom stereocenters. The molecule has 0 heterocycles. The molecule has 0 radical (unpaired) electrons. The molecule has 0 aliphatic heterocycles. The fourth-order valence-electron chi connectivity index (χ4n) is 6.06. The first kappa shape index (κ1) is 54.9. The summed E-state index contributed by atoms with van der Waals surface area (Å²) in [7, 11) is -4.28. The minimum absolute atomic E-state index is 0.0960. The van der Waals surface area contributed by atoms with Crippen molar-refractivity contribution in [3.8, 4) is 0 Å². The minimum atomic E-state index is -4.28. The maximum Gasteiger partial charge on any atom is 0.472 e. The minimum Gasteiger partial charge on any atom is -0.457 e. The Balaban J connectivity index is 3.99. The first-order valence-corrected chi connectivity index (χ1v) is 24.4. The summed E-state index contributed by atoms with van der Waals surface area (Å²) in [5, 5.41) is 0. The van der Waals surface area contributed by atoms with Gasteiger partial charge >= 0.3 is 13.8 Å². The van der Waals surface area contributed by atoms with Crippen molar-refractivity contribution in [1.82, 2.24) is 0 Å². The number of hydrogen-bond acceptors (Lipinski definition) is 7. The smallest absolute Gasteiger partial charge is 0.457 e. The number of phosphoric ester groups is 1. The quantitative estimate of drug-likeness (QED) is 0.0270. The van der Waals surface area contributed by atoms with Crippen LogP contribution in [0.15, 0.2) is 72.9 Å². The second-order valence-corrected chi connectivity index (χ2v) is 16.3. The summed E-state index contributed by atoms with van der Waals surface area (Å²) in [6, 6.07) is 0. The van der Waals surface area contributed by atoms with Crippen LogP contribution >= 0.6 is 7.82 Å². The molecule has 0 aromatic carbocycles. The number of nitrogens with two attached hydrogens (primary N) is 1. The van der Waals surface area contributed by atoms with E-state index in [1.54, 1.807) is 0 Å². The van der Waals surface area contributed by atoms with Crippen LogP contribution in [-0.4, -0.2) is 49.9 Å². The van der Waals surface area contributed by atoms with Crippen LogP contribution in [-0.2, 0) is 27.9 Å². The van der Waals surface area contributed by atoms with Crippen LogP contribution in [0.5, 0.6) is 0 Å². The Morgan fingerprint density at radius 1 is 0.544 bits per heavy atom. The van der Waals surface area contributed by atoms with Crippen LogP contribution < -0.4 is 5.73 Å².